The van der Waals surface area contributed by atoms with E-state index in [1.165, 1.54) is 0 Å². The van der Waals surface area contributed by atoms with E-state index in [0.717, 1.165) is 10.5 Å². The van der Waals surface area contributed by atoms with E-state index in [1.807, 2.05) is 19.1 Å². The molecule has 4 rings (SSSR count). The minimum absolute atomic E-state index is 0.0164. The van der Waals surface area contributed by atoms with Gasteiger partial charge >= 0.3 is 5.97 Å². The molecule has 37 heavy (non-hydrogen) atoms. The molecule has 0 saturated carbocycles. The maximum absolute atomic E-state index is 12.6. The van der Waals surface area contributed by atoms with Crippen molar-refractivity contribution in [3.05, 3.63) is 106 Å². The van der Waals surface area contributed by atoms with Gasteiger partial charge in [-0.25, -0.2) is 0 Å². The molecule has 0 radical (unpaired) electrons. The van der Waals surface area contributed by atoms with Crippen LogP contribution in [0.5, 0.6) is 0 Å². The number of nitrogens with zero attached hydrogens (tertiary/aromatic N) is 2. The minimum atomic E-state index is -1.15. The van der Waals surface area contributed by atoms with Crippen molar-refractivity contribution in [1.82, 2.24) is 4.90 Å². The number of aryl methyl sites for hydroxylation is 1. The van der Waals surface area contributed by atoms with E-state index in [-0.39, 0.29) is 25.3 Å². The predicted molar refractivity (Wildman–Crippen MR) is 136 cm³/mol. The standard InChI is InChI=1S/C28H25N3O6/c1-17-6-8-19(9-7-17)25(32)29-21-12-10-18(11-13-21)24(30-37)16-20(28(35)36)14-15-31-26(33)22-4-2-3-5-23(22)27(31)34/h2-13,20,24H,14-16H2,1H3,(H,29,32)(H,35,36). The average molecular weight is 500 g/mol. The van der Waals surface area contributed by atoms with Gasteiger partial charge in [0.1, 0.15) is 6.04 Å². The molecule has 188 valence electrons. The van der Waals surface area contributed by atoms with Gasteiger partial charge in [0, 0.05) is 17.8 Å². The molecular weight excluding hydrogens is 474 g/mol. The smallest absolute Gasteiger partial charge is 0.306 e. The van der Waals surface area contributed by atoms with Gasteiger partial charge in [-0.1, -0.05) is 47.1 Å². The van der Waals surface area contributed by atoms with E-state index < -0.39 is 29.7 Å². The second-order valence-electron chi connectivity index (χ2n) is 8.93. The molecule has 1 aliphatic heterocycles. The van der Waals surface area contributed by atoms with Gasteiger partial charge in [-0.05, 0) is 61.7 Å². The van der Waals surface area contributed by atoms with Gasteiger partial charge in [-0.3, -0.25) is 24.1 Å². The van der Waals surface area contributed by atoms with Gasteiger partial charge in [-0.15, -0.1) is 0 Å². The van der Waals surface area contributed by atoms with E-state index in [2.05, 4.69) is 10.5 Å². The topological polar surface area (TPSA) is 133 Å². The molecule has 9 nitrogen and oxygen atoms in total. The number of rotatable bonds is 10. The first-order valence-corrected chi connectivity index (χ1v) is 11.8. The average Bonchev–Trinajstić information content (AvgIpc) is 3.14. The predicted octanol–water partition coefficient (Wildman–Crippen LogP) is 4.83. The van der Waals surface area contributed by atoms with Crippen LogP contribution in [0, 0.1) is 17.7 Å². The highest BCUT2D eigenvalue weighted by Crippen LogP contribution is 2.30. The second kappa shape index (κ2) is 10.9. The van der Waals surface area contributed by atoms with Crippen LogP contribution >= 0.6 is 0 Å². The number of nitroso groups, excluding NO2 is 1. The quantitative estimate of drug-likeness (QED) is 0.303. The Hall–Kier alpha value is -4.66. The third kappa shape index (κ3) is 5.61. The number of benzene rings is 3. The molecule has 0 bridgehead atoms. The Morgan fingerprint density at radius 3 is 2.05 bits per heavy atom. The minimum Gasteiger partial charge on any atom is -0.481 e. The van der Waals surface area contributed by atoms with Crippen molar-refractivity contribution in [2.45, 2.75) is 25.8 Å². The summed E-state index contributed by atoms with van der Waals surface area (Å²) < 4.78 is 0. The molecular formula is C28H25N3O6. The highest BCUT2D eigenvalue weighted by Gasteiger charge is 2.36. The maximum Gasteiger partial charge on any atom is 0.306 e. The van der Waals surface area contributed by atoms with E-state index >= 15 is 0 Å². The van der Waals surface area contributed by atoms with Crippen molar-refractivity contribution < 1.29 is 24.3 Å². The van der Waals surface area contributed by atoms with Crippen molar-refractivity contribution >= 4 is 29.4 Å². The molecule has 1 aliphatic rings. The number of carbonyl (C=O) groups excluding carboxylic acids is 3. The van der Waals surface area contributed by atoms with E-state index in [9.17, 15) is 29.2 Å². The second-order valence-corrected chi connectivity index (χ2v) is 8.93. The van der Waals surface area contributed by atoms with Crippen LogP contribution in [-0.4, -0.2) is 40.2 Å². The van der Waals surface area contributed by atoms with Crippen molar-refractivity contribution in [3.8, 4) is 0 Å². The Balaban J connectivity index is 1.39. The molecule has 2 N–H and O–H groups in total. The number of hydrogen-bond acceptors (Lipinski definition) is 6. The number of carbonyl (C=O) groups is 4. The van der Waals surface area contributed by atoms with Gasteiger partial charge in [0.05, 0.1) is 17.0 Å². The van der Waals surface area contributed by atoms with Crippen LogP contribution in [0.4, 0.5) is 5.69 Å². The fraction of sp³-hybridized carbons (Fsp3) is 0.214. The first-order chi connectivity index (χ1) is 17.8. The zero-order valence-electron chi connectivity index (χ0n) is 20.1. The Labute approximate surface area is 213 Å². The van der Waals surface area contributed by atoms with Gasteiger partial charge in [-0.2, -0.15) is 4.91 Å². The summed E-state index contributed by atoms with van der Waals surface area (Å²) in [7, 11) is 0. The third-order valence-electron chi connectivity index (χ3n) is 6.43. The fourth-order valence-corrected chi connectivity index (χ4v) is 4.28. The van der Waals surface area contributed by atoms with Gasteiger partial charge < -0.3 is 10.4 Å². The molecule has 0 spiro atoms. The summed E-state index contributed by atoms with van der Waals surface area (Å²) in [6.45, 7) is 1.84. The number of imide groups is 1. The zero-order valence-corrected chi connectivity index (χ0v) is 20.1. The van der Waals surface area contributed by atoms with Crippen molar-refractivity contribution in [1.29, 1.82) is 0 Å². The summed E-state index contributed by atoms with van der Waals surface area (Å²) >= 11 is 0. The first-order valence-electron chi connectivity index (χ1n) is 11.8. The molecule has 3 amide bonds. The summed E-state index contributed by atoms with van der Waals surface area (Å²) in [5.41, 5.74) is 3.14. The summed E-state index contributed by atoms with van der Waals surface area (Å²) in [6.07, 6.45) is -0.116. The maximum atomic E-state index is 12.6. The van der Waals surface area contributed by atoms with Crippen LogP contribution in [0.3, 0.4) is 0 Å². The first kappa shape index (κ1) is 25.4. The summed E-state index contributed by atoms with van der Waals surface area (Å²) in [6, 6.07) is 19.1. The summed E-state index contributed by atoms with van der Waals surface area (Å²) in [5.74, 6) is -3.35. The number of carboxylic acid groups (broad SMARTS) is 1. The Morgan fingerprint density at radius 1 is 0.919 bits per heavy atom. The van der Waals surface area contributed by atoms with Gasteiger partial charge in [0.25, 0.3) is 17.7 Å². The van der Waals surface area contributed by atoms with Crippen molar-refractivity contribution in [2.24, 2.45) is 11.1 Å². The van der Waals surface area contributed by atoms with Gasteiger partial charge in [0.15, 0.2) is 0 Å². The molecule has 0 saturated heterocycles. The lowest BCUT2D eigenvalue weighted by Crippen LogP contribution is -2.33. The van der Waals surface area contributed by atoms with Crippen molar-refractivity contribution in [2.75, 3.05) is 11.9 Å². The van der Waals surface area contributed by atoms with Crippen LogP contribution in [-0.2, 0) is 4.79 Å². The lowest BCUT2D eigenvalue weighted by atomic mass is 9.92. The SMILES string of the molecule is Cc1ccc(C(=O)Nc2ccc(C(CC(CCN3C(=O)c4ccccc4C3=O)C(=O)O)N=O)cc2)cc1. The molecule has 2 unspecified atom stereocenters. The molecule has 3 aromatic rings. The lowest BCUT2D eigenvalue weighted by molar-refractivity contribution is -0.142. The number of carboxylic acids is 1. The Kier molecular flexibility index (Phi) is 7.52. The number of anilines is 1. The monoisotopic (exact) mass is 499 g/mol. The Bertz CT molecular complexity index is 1320. The molecule has 0 fully saturated rings. The molecule has 3 aromatic carbocycles. The molecule has 2 atom stereocenters. The number of nitrogens with one attached hydrogen (secondary N) is 1. The molecule has 1 heterocycles. The highest BCUT2D eigenvalue weighted by molar-refractivity contribution is 6.21. The number of amides is 3. The van der Waals surface area contributed by atoms with E-state index in [4.69, 9.17) is 0 Å². The summed E-state index contributed by atoms with van der Waals surface area (Å²) in [4.78, 5) is 62.1. The highest BCUT2D eigenvalue weighted by atomic mass is 16.4. The fourth-order valence-electron chi connectivity index (χ4n) is 4.28. The Morgan fingerprint density at radius 2 is 1.51 bits per heavy atom. The van der Waals surface area contributed by atoms with E-state index in [1.54, 1.807) is 60.7 Å². The summed E-state index contributed by atoms with van der Waals surface area (Å²) in [5, 5.41) is 15.6. The third-order valence-corrected chi connectivity index (χ3v) is 6.43. The van der Waals surface area contributed by atoms with Crippen LogP contribution in [0.2, 0.25) is 0 Å². The number of aliphatic carboxylic acids is 1. The molecule has 0 aromatic heterocycles. The largest absolute Gasteiger partial charge is 0.481 e. The van der Waals surface area contributed by atoms with Crippen LogP contribution in [0.1, 0.15) is 61.1 Å². The van der Waals surface area contributed by atoms with Crippen LogP contribution < -0.4 is 5.32 Å². The zero-order chi connectivity index (χ0) is 26.5. The van der Waals surface area contributed by atoms with Gasteiger partial charge in [0.2, 0.25) is 0 Å². The normalized spacial score (nSPS) is 14.1. The molecule has 0 aliphatic carbocycles. The van der Waals surface area contributed by atoms with Crippen LogP contribution in [0.25, 0.3) is 0 Å². The van der Waals surface area contributed by atoms with Crippen LogP contribution in [0.15, 0.2) is 78.0 Å². The number of hydrogen-bond donors (Lipinski definition) is 2. The lowest BCUT2D eigenvalue weighted by Gasteiger charge is -2.19. The number of fused-ring (bicyclic) bond motifs is 1. The molecule has 9 heteroatoms. The van der Waals surface area contributed by atoms with E-state index in [0.29, 0.717) is 27.9 Å². The van der Waals surface area contributed by atoms with Crippen molar-refractivity contribution in [3.63, 3.8) is 0 Å².